The Bertz CT molecular complexity index is 215. The van der Waals surface area contributed by atoms with Crippen LogP contribution in [-0.2, 0) is 14.3 Å². The molecule has 0 saturated heterocycles. The molecule has 0 radical (unpaired) electrons. The predicted molar refractivity (Wildman–Crippen MR) is 60.0 cm³/mol. The number of aliphatic hydroxyl groups is 1. The minimum atomic E-state index is -0.332. The van der Waals surface area contributed by atoms with Crippen molar-refractivity contribution in [2.45, 2.75) is 51.2 Å². The van der Waals surface area contributed by atoms with Crippen molar-refractivity contribution in [3.8, 4) is 0 Å². The minimum absolute atomic E-state index is 0.0253. The summed E-state index contributed by atoms with van der Waals surface area (Å²) in [6.07, 6.45) is 4.95. The Hall–Kier alpha value is -0.610. The van der Waals surface area contributed by atoms with E-state index in [0.29, 0.717) is 5.92 Å². The van der Waals surface area contributed by atoms with Crippen molar-refractivity contribution in [3.63, 3.8) is 0 Å². The van der Waals surface area contributed by atoms with Crippen LogP contribution in [-0.4, -0.2) is 37.0 Å². The van der Waals surface area contributed by atoms with Crippen molar-refractivity contribution in [2.75, 3.05) is 13.7 Å². The standard InChI is InChI=1S/C12H22O4/c1-9(13)7-10-5-3-4-6-11(10)16-8-12(14)15-2/h9-11,13H,3-8H2,1-2H3. The van der Waals surface area contributed by atoms with E-state index in [-0.39, 0.29) is 24.8 Å². The molecule has 0 amide bonds. The van der Waals surface area contributed by atoms with Crippen molar-refractivity contribution in [1.82, 2.24) is 0 Å². The van der Waals surface area contributed by atoms with Crippen molar-refractivity contribution in [3.05, 3.63) is 0 Å². The average molecular weight is 230 g/mol. The van der Waals surface area contributed by atoms with Gasteiger partial charge in [0.05, 0.1) is 19.3 Å². The van der Waals surface area contributed by atoms with E-state index in [9.17, 15) is 9.90 Å². The van der Waals surface area contributed by atoms with Crippen LogP contribution in [0.5, 0.6) is 0 Å². The van der Waals surface area contributed by atoms with Crippen LogP contribution in [0.2, 0.25) is 0 Å². The molecular weight excluding hydrogens is 208 g/mol. The highest BCUT2D eigenvalue weighted by atomic mass is 16.6. The number of hydrogen-bond donors (Lipinski definition) is 1. The lowest BCUT2D eigenvalue weighted by atomic mass is 9.83. The lowest BCUT2D eigenvalue weighted by molar-refractivity contribution is -0.150. The second kappa shape index (κ2) is 6.86. The third-order valence-corrected chi connectivity index (χ3v) is 3.13. The SMILES string of the molecule is COC(=O)COC1CCCCC1CC(C)O. The molecule has 0 heterocycles. The Balaban J connectivity index is 2.37. The predicted octanol–water partition coefficient (Wildman–Crippen LogP) is 1.51. The normalized spacial score (nSPS) is 27.4. The number of ether oxygens (including phenoxy) is 2. The Morgan fingerprint density at radius 2 is 2.12 bits per heavy atom. The van der Waals surface area contributed by atoms with E-state index in [1.165, 1.54) is 13.5 Å². The van der Waals surface area contributed by atoms with Crippen LogP contribution >= 0.6 is 0 Å². The van der Waals surface area contributed by atoms with Gasteiger partial charge in [0.15, 0.2) is 0 Å². The van der Waals surface area contributed by atoms with Crippen LogP contribution in [0.1, 0.15) is 39.0 Å². The number of rotatable bonds is 5. The fourth-order valence-corrected chi connectivity index (χ4v) is 2.33. The molecule has 16 heavy (non-hydrogen) atoms. The Morgan fingerprint density at radius 1 is 1.44 bits per heavy atom. The molecule has 0 aromatic carbocycles. The molecule has 3 unspecified atom stereocenters. The van der Waals surface area contributed by atoms with Crippen molar-refractivity contribution >= 4 is 5.97 Å². The van der Waals surface area contributed by atoms with Crippen LogP contribution in [0.15, 0.2) is 0 Å². The maximum atomic E-state index is 11.0. The van der Waals surface area contributed by atoms with Crippen LogP contribution in [0.3, 0.4) is 0 Å². The zero-order valence-electron chi connectivity index (χ0n) is 10.1. The highest BCUT2D eigenvalue weighted by Gasteiger charge is 2.27. The number of hydrogen-bond acceptors (Lipinski definition) is 4. The first kappa shape index (κ1) is 13.5. The number of carbonyl (C=O) groups excluding carboxylic acids is 1. The molecule has 1 rings (SSSR count). The summed E-state index contributed by atoms with van der Waals surface area (Å²) < 4.78 is 10.1. The van der Waals surface area contributed by atoms with E-state index in [0.717, 1.165) is 25.7 Å². The van der Waals surface area contributed by atoms with Crippen molar-refractivity contribution in [2.24, 2.45) is 5.92 Å². The third-order valence-electron chi connectivity index (χ3n) is 3.13. The summed E-state index contributed by atoms with van der Waals surface area (Å²) in [6, 6.07) is 0. The van der Waals surface area contributed by atoms with E-state index in [4.69, 9.17) is 4.74 Å². The zero-order chi connectivity index (χ0) is 12.0. The summed E-state index contributed by atoms with van der Waals surface area (Å²) >= 11 is 0. The quantitative estimate of drug-likeness (QED) is 0.727. The van der Waals surface area contributed by atoms with Gasteiger partial charge in [0.1, 0.15) is 6.61 Å². The molecule has 94 valence electrons. The van der Waals surface area contributed by atoms with Gasteiger partial charge in [-0.2, -0.15) is 0 Å². The molecule has 3 atom stereocenters. The summed E-state index contributed by atoms with van der Waals surface area (Å²) in [4.78, 5) is 11.0. The molecule has 0 aromatic rings. The number of carbonyl (C=O) groups is 1. The molecule has 4 nitrogen and oxygen atoms in total. The van der Waals surface area contributed by atoms with E-state index >= 15 is 0 Å². The first-order chi connectivity index (χ1) is 7.63. The highest BCUT2D eigenvalue weighted by Crippen LogP contribution is 2.30. The van der Waals surface area contributed by atoms with E-state index < -0.39 is 0 Å². The van der Waals surface area contributed by atoms with Crippen LogP contribution in [0, 0.1) is 5.92 Å². The molecule has 0 spiro atoms. The second-order valence-electron chi connectivity index (χ2n) is 4.55. The molecular formula is C12H22O4. The number of aliphatic hydroxyl groups excluding tert-OH is 1. The monoisotopic (exact) mass is 230 g/mol. The summed E-state index contributed by atoms with van der Waals surface area (Å²) in [5, 5.41) is 9.40. The van der Waals surface area contributed by atoms with Crippen molar-refractivity contribution < 1.29 is 19.4 Å². The topological polar surface area (TPSA) is 55.8 Å². The Labute approximate surface area is 96.9 Å². The van der Waals surface area contributed by atoms with Gasteiger partial charge in [0, 0.05) is 0 Å². The maximum Gasteiger partial charge on any atom is 0.331 e. The smallest absolute Gasteiger partial charge is 0.331 e. The molecule has 1 fully saturated rings. The Morgan fingerprint density at radius 3 is 2.75 bits per heavy atom. The summed E-state index contributed by atoms with van der Waals surface area (Å²) in [5.74, 6) is 0.0415. The Kier molecular flexibility index (Phi) is 5.77. The summed E-state index contributed by atoms with van der Waals surface area (Å²) in [5.41, 5.74) is 0. The first-order valence-corrected chi connectivity index (χ1v) is 6.00. The molecule has 0 bridgehead atoms. The van der Waals surface area contributed by atoms with Crippen molar-refractivity contribution in [1.29, 1.82) is 0 Å². The van der Waals surface area contributed by atoms with Crippen LogP contribution < -0.4 is 0 Å². The zero-order valence-corrected chi connectivity index (χ0v) is 10.1. The van der Waals surface area contributed by atoms with Crippen LogP contribution in [0.4, 0.5) is 0 Å². The van der Waals surface area contributed by atoms with Crippen LogP contribution in [0.25, 0.3) is 0 Å². The molecule has 0 aliphatic heterocycles. The van der Waals surface area contributed by atoms with Gasteiger partial charge in [-0.3, -0.25) is 0 Å². The lowest BCUT2D eigenvalue weighted by Crippen LogP contribution is -2.32. The van der Waals surface area contributed by atoms with E-state index in [2.05, 4.69) is 4.74 Å². The molecule has 0 aromatic heterocycles. The molecule has 1 N–H and O–H groups in total. The average Bonchev–Trinajstić information content (AvgIpc) is 2.26. The van der Waals surface area contributed by atoms with Gasteiger partial charge in [-0.15, -0.1) is 0 Å². The minimum Gasteiger partial charge on any atom is -0.467 e. The first-order valence-electron chi connectivity index (χ1n) is 6.00. The second-order valence-corrected chi connectivity index (χ2v) is 4.55. The fraction of sp³-hybridized carbons (Fsp3) is 0.917. The van der Waals surface area contributed by atoms with Gasteiger partial charge in [-0.05, 0) is 32.1 Å². The van der Waals surface area contributed by atoms with Gasteiger partial charge >= 0.3 is 5.97 Å². The van der Waals surface area contributed by atoms with E-state index in [1.807, 2.05) is 0 Å². The highest BCUT2D eigenvalue weighted by molar-refractivity contribution is 5.70. The van der Waals surface area contributed by atoms with Gasteiger partial charge < -0.3 is 14.6 Å². The fourth-order valence-electron chi connectivity index (χ4n) is 2.33. The molecule has 1 aliphatic carbocycles. The number of esters is 1. The number of methoxy groups -OCH3 is 1. The molecule has 1 saturated carbocycles. The van der Waals surface area contributed by atoms with Gasteiger partial charge in [0.25, 0.3) is 0 Å². The lowest BCUT2D eigenvalue weighted by Gasteiger charge is -2.31. The molecule has 1 aliphatic rings. The summed E-state index contributed by atoms with van der Waals surface area (Å²) in [6.45, 7) is 1.82. The van der Waals surface area contributed by atoms with Gasteiger partial charge in [-0.25, -0.2) is 4.79 Å². The third kappa shape index (κ3) is 4.49. The molecule has 4 heteroatoms. The van der Waals surface area contributed by atoms with Gasteiger partial charge in [0.2, 0.25) is 0 Å². The van der Waals surface area contributed by atoms with Gasteiger partial charge in [-0.1, -0.05) is 12.8 Å². The van der Waals surface area contributed by atoms with E-state index in [1.54, 1.807) is 6.92 Å². The largest absolute Gasteiger partial charge is 0.467 e. The maximum absolute atomic E-state index is 11.0. The summed E-state index contributed by atoms with van der Waals surface area (Å²) in [7, 11) is 1.36.